The van der Waals surface area contributed by atoms with E-state index >= 15 is 0 Å². The fourth-order valence-electron chi connectivity index (χ4n) is 7.97. The molecule has 0 atom stereocenters. The molecule has 9 nitrogen and oxygen atoms in total. The van der Waals surface area contributed by atoms with Gasteiger partial charge in [-0.05, 0) is 66.2 Å². The van der Waals surface area contributed by atoms with Crippen molar-refractivity contribution in [2.24, 2.45) is 0 Å². The van der Waals surface area contributed by atoms with Gasteiger partial charge in [0.25, 0.3) is 0 Å². The van der Waals surface area contributed by atoms with Gasteiger partial charge in [-0.15, -0.1) is 0 Å². The molecule has 41 heavy (non-hydrogen) atoms. The van der Waals surface area contributed by atoms with E-state index in [0.29, 0.717) is 31.3 Å². The Morgan fingerprint density at radius 3 is 1.56 bits per heavy atom. The third-order valence-electron chi connectivity index (χ3n) is 10.1. The van der Waals surface area contributed by atoms with E-state index in [1.807, 2.05) is 18.7 Å². The van der Waals surface area contributed by atoms with Crippen LogP contribution in [0.2, 0.25) is 0 Å². The fraction of sp³-hybridized carbons (Fsp3) is 0.875. The van der Waals surface area contributed by atoms with E-state index in [9.17, 15) is 4.79 Å². The standard InChI is InChI=1S/C32H56N8O/c1-31(2)22-39(27(41)32(3,4)36-31)23-40(26-20-14-9-15-21-26)30-34-28(37(5)24-16-10-7-11-17-24)33-29(35-30)38(6)25-18-12-8-13-19-25/h24-26,36H,7-23H2,1-6H3. The van der Waals surface area contributed by atoms with Gasteiger partial charge >= 0.3 is 0 Å². The van der Waals surface area contributed by atoms with Crippen LogP contribution in [0.5, 0.6) is 0 Å². The third-order valence-corrected chi connectivity index (χ3v) is 10.1. The van der Waals surface area contributed by atoms with Crippen LogP contribution in [0.15, 0.2) is 0 Å². The normalized spacial score (nSPS) is 24.3. The third kappa shape index (κ3) is 7.08. The van der Waals surface area contributed by atoms with Crippen LogP contribution in [0.4, 0.5) is 17.8 Å². The van der Waals surface area contributed by atoms with Crippen molar-refractivity contribution in [3.05, 3.63) is 0 Å². The zero-order valence-electron chi connectivity index (χ0n) is 26.8. The number of piperazine rings is 1. The number of anilines is 3. The Morgan fingerprint density at radius 1 is 0.683 bits per heavy atom. The number of aromatic nitrogens is 3. The van der Waals surface area contributed by atoms with Crippen molar-refractivity contribution >= 4 is 23.8 Å². The highest BCUT2D eigenvalue weighted by Crippen LogP contribution is 2.33. The predicted molar refractivity (Wildman–Crippen MR) is 168 cm³/mol. The number of nitrogens with zero attached hydrogens (tertiary/aromatic N) is 7. The number of amides is 1. The molecule has 0 bridgehead atoms. The first-order valence-corrected chi connectivity index (χ1v) is 16.6. The van der Waals surface area contributed by atoms with Gasteiger partial charge in [0.2, 0.25) is 23.8 Å². The van der Waals surface area contributed by atoms with Gasteiger partial charge < -0.3 is 19.6 Å². The van der Waals surface area contributed by atoms with E-state index in [1.54, 1.807) is 0 Å². The molecule has 1 amide bonds. The van der Waals surface area contributed by atoms with E-state index in [0.717, 1.165) is 30.7 Å². The Kier molecular flexibility index (Phi) is 9.31. The lowest BCUT2D eigenvalue weighted by atomic mass is 9.90. The minimum atomic E-state index is -0.613. The van der Waals surface area contributed by atoms with Crippen LogP contribution < -0.4 is 20.0 Å². The molecular weight excluding hydrogens is 512 g/mol. The SMILES string of the molecule is CN(c1nc(N(C)C2CCCCC2)nc(N(CN2CC(C)(C)NC(C)(C)C2=O)C2CCCCC2)n1)C1CCCCC1. The summed E-state index contributed by atoms with van der Waals surface area (Å²) >= 11 is 0. The molecule has 1 saturated heterocycles. The van der Waals surface area contributed by atoms with Crippen molar-refractivity contribution in [1.29, 1.82) is 0 Å². The molecule has 1 aromatic heterocycles. The van der Waals surface area contributed by atoms with Crippen LogP contribution >= 0.6 is 0 Å². The zero-order valence-corrected chi connectivity index (χ0v) is 26.8. The molecule has 0 spiro atoms. The van der Waals surface area contributed by atoms with Gasteiger partial charge in [-0.25, -0.2) is 0 Å². The van der Waals surface area contributed by atoms with Crippen molar-refractivity contribution in [3.8, 4) is 0 Å². The fourth-order valence-corrected chi connectivity index (χ4v) is 7.97. The topological polar surface area (TPSA) is 80.7 Å². The molecule has 2 heterocycles. The van der Waals surface area contributed by atoms with Crippen molar-refractivity contribution in [1.82, 2.24) is 25.2 Å². The number of hydrogen-bond donors (Lipinski definition) is 1. The number of nitrogens with one attached hydrogen (secondary N) is 1. The maximum Gasteiger partial charge on any atom is 0.243 e. The van der Waals surface area contributed by atoms with Gasteiger partial charge in [-0.1, -0.05) is 57.8 Å². The largest absolute Gasteiger partial charge is 0.341 e. The van der Waals surface area contributed by atoms with E-state index in [2.05, 4.69) is 48.0 Å². The monoisotopic (exact) mass is 568 g/mol. The van der Waals surface area contributed by atoms with Gasteiger partial charge in [0.15, 0.2) is 0 Å². The Labute approximate surface area is 248 Å². The molecule has 0 aromatic carbocycles. The van der Waals surface area contributed by atoms with E-state index in [1.165, 1.54) is 83.5 Å². The summed E-state index contributed by atoms with van der Waals surface area (Å²) in [5, 5.41) is 3.56. The van der Waals surface area contributed by atoms with E-state index < -0.39 is 5.54 Å². The average molecular weight is 569 g/mol. The molecule has 4 fully saturated rings. The Hall–Kier alpha value is -2.16. The van der Waals surface area contributed by atoms with Crippen LogP contribution in [-0.2, 0) is 4.79 Å². The predicted octanol–water partition coefficient (Wildman–Crippen LogP) is 5.50. The van der Waals surface area contributed by atoms with Crippen molar-refractivity contribution < 1.29 is 4.79 Å². The first-order chi connectivity index (χ1) is 19.5. The van der Waals surface area contributed by atoms with Crippen LogP contribution in [0, 0.1) is 0 Å². The van der Waals surface area contributed by atoms with Gasteiger partial charge in [0, 0.05) is 44.3 Å². The highest BCUT2D eigenvalue weighted by Gasteiger charge is 2.44. The first kappa shape index (κ1) is 30.3. The van der Waals surface area contributed by atoms with Crippen molar-refractivity contribution in [2.45, 2.75) is 153 Å². The van der Waals surface area contributed by atoms with Crippen LogP contribution in [-0.4, -0.2) is 82.3 Å². The van der Waals surface area contributed by atoms with Gasteiger partial charge in [0.1, 0.15) is 0 Å². The zero-order chi connectivity index (χ0) is 29.2. The maximum atomic E-state index is 13.7. The van der Waals surface area contributed by atoms with Gasteiger partial charge in [-0.2, -0.15) is 15.0 Å². The summed E-state index contributed by atoms with van der Waals surface area (Å²) in [6, 6.07) is 1.25. The Balaban J connectivity index is 1.53. The number of carbonyl (C=O) groups is 1. The first-order valence-electron chi connectivity index (χ1n) is 16.6. The molecule has 1 aromatic rings. The van der Waals surface area contributed by atoms with Gasteiger partial charge in [-0.3, -0.25) is 10.1 Å². The molecular formula is C32H56N8O. The van der Waals surface area contributed by atoms with Crippen molar-refractivity contribution in [2.75, 3.05) is 42.0 Å². The highest BCUT2D eigenvalue weighted by molar-refractivity contribution is 5.86. The van der Waals surface area contributed by atoms with Crippen LogP contribution in [0.3, 0.4) is 0 Å². The van der Waals surface area contributed by atoms with Crippen molar-refractivity contribution in [3.63, 3.8) is 0 Å². The molecule has 4 aliphatic rings. The second-order valence-corrected chi connectivity index (χ2v) is 14.6. The lowest BCUT2D eigenvalue weighted by Crippen LogP contribution is -2.71. The van der Waals surface area contributed by atoms with Crippen LogP contribution in [0.25, 0.3) is 0 Å². The van der Waals surface area contributed by atoms with Gasteiger partial charge in [0.05, 0.1) is 12.2 Å². The minimum Gasteiger partial charge on any atom is -0.341 e. The lowest BCUT2D eigenvalue weighted by molar-refractivity contribution is -0.143. The summed E-state index contributed by atoms with van der Waals surface area (Å²) in [7, 11) is 4.35. The summed E-state index contributed by atoms with van der Waals surface area (Å²) < 4.78 is 0. The Bertz CT molecular complexity index is 984. The summed E-state index contributed by atoms with van der Waals surface area (Å²) in [4.78, 5) is 38.4. The number of carbonyl (C=O) groups excluding carboxylic acids is 1. The molecule has 9 heteroatoms. The molecule has 0 radical (unpaired) electrons. The summed E-state index contributed by atoms with van der Waals surface area (Å²) in [5.74, 6) is 2.45. The molecule has 5 rings (SSSR count). The Morgan fingerprint density at radius 2 is 1.10 bits per heavy atom. The summed E-state index contributed by atoms with van der Waals surface area (Å²) in [5.41, 5.74) is -0.786. The molecule has 1 N–H and O–H groups in total. The van der Waals surface area contributed by atoms with Crippen LogP contribution in [0.1, 0.15) is 124 Å². The minimum absolute atomic E-state index is 0.144. The molecule has 230 valence electrons. The average Bonchev–Trinajstić information content (AvgIpc) is 2.98. The lowest BCUT2D eigenvalue weighted by Gasteiger charge is -2.49. The molecule has 3 saturated carbocycles. The van der Waals surface area contributed by atoms with E-state index in [4.69, 9.17) is 15.0 Å². The number of hydrogen-bond acceptors (Lipinski definition) is 8. The second kappa shape index (κ2) is 12.6. The highest BCUT2D eigenvalue weighted by atomic mass is 16.2. The summed E-state index contributed by atoms with van der Waals surface area (Å²) in [6.07, 6.45) is 18.4. The summed E-state index contributed by atoms with van der Waals surface area (Å²) in [6.45, 7) is 9.57. The number of rotatable bonds is 8. The smallest absolute Gasteiger partial charge is 0.243 e. The molecule has 3 aliphatic carbocycles. The molecule has 1 aliphatic heterocycles. The second-order valence-electron chi connectivity index (χ2n) is 14.6. The quantitative estimate of drug-likeness (QED) is 0.441. The maximum absolute atomic E-state index is 13.7. The molecule has 0 unspecified atom stereocenters. The van der Waals surface area contributed by atoms with E-state index in [-0.39, 0.29) is 11.4 Å².